The Morgan fingerprint density at radius 1 is 1.17 bits per heavy atom. The first-order valence-corrected chi connectivity index (χ1v) is 7.65. The summed E-state index contributed by atoms with van der Waals surface area (Å²) >= 11 is 0. The van der Waals surface area contributed by atoms with E-state index >= 15 is 0 Å². The molecule has 5 nitrogen and oxygen atoms in total. The van der Waals surface area contributed by atoms with Gasteiger partial charge in [-0.25, -0.2) is 4.79 Å². The number of aromatic hydroxyl groups is 2. The van der Waals surface area contributed by atoms with E-state index in [1.165, 1.54) is 0 Å². The second-order valence-electron chi connectivity index (χ2n) is 5.69. The number of carbonyl (C=O) groups excluding carboxylic acids is 1. The molecule has 0 bridgehead atoms. The van der Waals surface area contributed by atoms with Gasteiger partial charge in [-0.2, -0.15) is 0 Å². The van der Waals surface area contributed by atoms with E-state index in [1.54, 1.807) is 30.3 Å². The quantitative estimate of drug-likeness (QED) is 0.649. The van der Waals surface area contributed by atoms with Gasteiger partial charge in [-0.15, -0.1) is 6.58 Å². The molecule has 0 amide bonds. The van der Waals surface area contributed by atoms with E-state index < -0.39 is 6.16 Å². The maximum atomic E-state index is 11.0. The van der Waals surface area contributed by atoms with E-state index in [0.717, 1.165) is 16.7 Å². The molecule has 0 aliphatic carbocycles. The van der Waals surface area contributed by atoms with Crippen LogP contribution < -0.4 is 0 Å². The number of rotatable bonds is 5. The van der Waals surface area contributed by atoms with Gasteiger partial charge in [0.15, 0.2) is 0 Å². The standard InChI is InChI=1S/C19H18O5/c1-2-3-14-10-13(5-7-17(14)20)16-9-12(4-6-18(16)21)8-15-11-23-19(22)24-15/h2,4-7,9-10,15,20-21H,1,3,8,11H2. The van der Waals surface area contributed by atoms with Crippen LogP contribution in [-0.4, -0.2) is 29.1 Å². The third-order valence-corrected chi connectivity index (χ3v) is 3.93. The van der Waals surface area contributed by atoms with Crippen molar-refractivity contribution in [1.29, 1.82) is 0 Å². The molecule has 0 radical (unpaired) electrons. The zero-order valence-corrected chi connectivity index (χ0v) is 13.1. The molecule has 24 heavy (non-hydrogen) atoms. The molecular formula is C19H18O5. The van der Waals surface area contributed by atoms with E-state index in [1.807, 2.05) is 12.1 Å². The Balaban J connectivity index is 1.90. The van der Waals surface area contributed by atoms with E-state index in [4.69, 9.17) is 9.47 Å². The molecule has 2 N–H and O–H groups in total. The monoisotopic (exact) mass is 326 g/mol. The number of carbonyl (C=O) groups is 1. The van der Waals surface area contributed by atoms with Gasteiger partial charge in [-0.05, 0) is 47.4 Å². The lowest BCUT2D eigenvalue weighted by molar-refractivity contribution is 0.118. The predicted octanol–water partition coefficient (Wildman–Crippen LogP) is 3.57. The van der Waals surface area contributed by atoms with Crippen LogP contribution in [0.4, 0.5) is 4.79 Å². The fourth-order valence-corrected chi connectivity index (χ4v) is 2.74. The minimum Gasteiger partial charge on any atom is -0.508 e. The van der Waals surface area contributed by atoms with Crippen LogP contribution in [-0.2, 0) is 22.3 Å². The normalized spacial score (nSPS) is 16.5. The predicted molar refractivity (Wildman–Crippen MR) is 89.0 cm³/mol. The Morgan fingerprint density at radius 3 is 2.67 bits per heavy atom. The summed E-state index contributed by atoms with van der Waals surface area (Å²) < 4.78 is 9.82. The van der Waals surface area contributed by atoms with Crippen LogP contribution in [0.25, 0.3) is 11.1 Å². The van der Waals surface area contributed by atoms with Crippen LogP contribution in [0.3, 0.4) is 0 Å². The van der Waals surface area contributed by atoms with Crippen LogP contribution >= 0.6 is 0 Å². The minimum atomic E-state index is -0.647. The maximum absolute atomic E-state index is 11.0. The first-order chi connectivity index (χ1) is 11.6. The third kappa shape index (κ3) is 3.35. The molecule has 0 spiro atoms. The van der Waals surface area contributed by atoms with Gasteiger partial charge in [0.25, 0.3) is 0 Å². The highest BCUT2D eigenvalue weighted by Crippen LogP contribution is 2.33. The zero-order valence-electron chi connectivity index (χ0n) is 13.1. The Morgan fingerprint density at radius 2 is 1.96 bits per heavy atom. The van der Waals surface area contributed by atoms with E-state index in [-0.39, 0.29) is 24.2 Å². The first kappa shape index (κ1) is 15.9. The van der Waals surface area contributed by atoms with Gasteiger partial charge in [0.2, 0.25) is 0 Å². The third-order valence-electron chi connectivity index (χ3n) is 3.93. The number of allylic oxidation sites excluding steroid dienone is 1. The molecule has 0 saturated carbocycles. The summed E-state index contributed by atoms with van der Waals surface area (Å²) in [5, 5.41) is 20.1. The van der Waals surface area contributed by atoms with Crippen molar-refractivity contribution in [1.82, 2.24) is 0 Å². The highest BCUT2D eigenvalue weighted by atomic mass is 16.8. The van der Waals surface area contributed by atoms with Crippen LogP contribution in [0.1, 0.15) is 11.1 Å². The highest BCUT2D eigenvalue weighted by Gasteiger charge is 2.25. The molecule has 1 fully saturated rings. The summed E-state index contributed by atoms with van der Waals surface area (Å²) in [6, 6.07) is 10.4. The summed E-state index contributed by atoms with van der Waals surface area (Å²) in [6.45, 7) is 3.91. The molecule has 2 aromatic carbocycles. The van der Waals surface area contributed by atoms with Crippen molar-refractivity contribution in [2.24, 2.45) is 0 Å². The lowest BCUT2D eigenvalue weighted by Crippen LogP contribution is -2.13. The van der Waals surface area contributed by atoms with Crippen molar-refractivity contribution in [3.8, 4) is 22.6 Å². The number of hydrogen-bond donors (Lipinski definition) is 2. The van der Waals surface area contributed by atoms with Gasteiger partial charge in [-0.1, -0.05) is 18.2 Å². The highest BCUT2D eigenvalue weighted by molar-refractivity contribution is 5.72. The number of ether oxygens (including phenoxy) is 2. The second kappa shape index (κ2) is 6.66. The Kier molecular flexibility index (Phi) is 4.42. The SMILES string of the molecule is C=CCc1cc(-c2cc(CC3COC(=O)O3)ccc2O)ccc1O. The van der Waals surface area contributed by atoms with Gasteiger partial charge in [0.1, 0.15) is 24.2 Å². The minimum absolute atomic E-state index is 0.147. The molecule has 124 valence electrons. The van der Waals surface area contributed by atoms with Crippen molar-refractivity contribution >= 4 is 6.16 Å². The largest absolute Gasteiger partial charge is 0.508 e. The van der Waals surface area contributed by atoms with Gasteiger partial charge in [-0.3, -0.25) is 0 Å². The van der Waals surface area contributed by atoms with E-state index in [2.05, 4.69) is 6.58 Å². The molecule has 1 unspecified atom stereocenters. The summed E-state index contributed by atoms with van der Waals surface area (Å²) in [7, 11) is 0. The average Bonchev–Trinajstić information content (AvgIpc) is 2.97. The van der Waals surface area contributed by atoms with Crippen LogP contribution in [0.5, 0.6) is 11.5 Å². The number of cyclic esters (lactones) is 2. The number of phenols is 2. The maximum Gasteiger partial charge on any atom is 0.508 e. The fourth-order valence-electron chi connectivity index (χ4n) is 2.74. The van der Waals surface area contributed by atoms with Crippen LogP contribution in [0, 0.1) is 0 Å². The Bertz CT molecular complexity index is 781. The summed E-state index contributed by atoms with van der Waals surface area (Å²) in [4.78, 5) is 11.0. The van der Waals surface area contributed by atoms with Crippen molar-refractivity contribution in [3.05, 3.63) is 60.2 Å². The van der Waals surface area contributed by atoms with Crippen molar-refractivity contribution in [2.75, 3.05) is 6.61 Å². The zero-order chi connectivity index (χ0) is 17.1. The van der Waals surface area contributed by atoms with Gasteiger partial charge < -0.3 is 19.7 Å². The lowest BCUT2D eigenvalue weighted by Gasteiger charge is -2.12. The molecule has 1 heterocycles. The first-order valence-electron chi connectivity index (χ1n) is 7.65. The number of benzene rings is 2. The average molecular weight is 326 g/mol. The molecule has 1 aliphatic rings. The van der Waals surface area contributed by atoms with Gasteiger partial charge in [0.05, 0.1) is 0 Å². The molecule has 1 saturated heterocycles. The van der Waals surface area contributed by atoms with Gasteiger partial charge >= 0.3 is 6.16 Å². The van der Waals surface area contributed by atoms with Crippen LogP contribution in [0.15, 0.2) is 49.1 Å². The Labute approximate surface area is 139 Å². The van der Waals surface area contributed by atoms with Crippen LogP contribution in [0.2, 0.25) is 0 Å². The molecule has 0 aromatic heterocycles. The van der Waals surface area contributed by atoms with Crippen molar-refractivity contribution in [3.63, 3.8) is 0 Å². The second-order valence-corrected chi connectivity index (χ2v) is 5.69. The smallest absolute Gasteiger partial charge is 0.508 e. The summed E-state index contributed by atoms with van der Waals surface area (Å²) in [5.41, 5.74) is 3.11. The topological polar surface area (TPSA) is 76.0 Å². The Hall–Kier alpha value is -2.95. The summed E-state index contributed by atoms with van der Waals surface area (Å²) in [5.74, 6) is 0.345. The summed E-state index contributed by atoms with van der Waals surface area (Å²) in [6.07, 6.45) is 1.80. The van der Waals surface area contributed by atoms with Crippen molar-refractivity contribution < 1.29 is 24.5 Å². The molecule has 2 aromatic rings. The molecule has 1 aliphatic heterocycles. The molecule has 1 atom stereocenters. The fraction of sp³-hybridized carbons (Fsp3) is 0.211. The lowest BCUT2D eigenvalue weighted by atomic mass is 9.97. The molecular weight excluding hydrogens is 308 g/mol. The van der Waals surface area contributed by atoms with E-state index in [9.17, 15) is 15.0 Å². The van der Waals surface area contributed by atoms with Crippen molar-refractivity contribution in [2.45, 2.75) is 18.9 Å². The number of phenolic OH excluding ortho intramolecular Hbond substituents is 2. The molecule has 3 rings (SSSR count). The van der Waals surface area contributed by atoms with E-state index in [0.29, 0.717) is 18.4 Å². The van der Waals surface area contributed by atoms with Gasteiger partial charge in [0, 0.05) is 12.0 Å². The number of hydrogen-bond acceptors (Lipinski definition) is 5. The molecule has 5 heteroatoms.